The molecule has 0 aliphatic carbocycles. The maximum absolute atomic E-state index is 11.4. The van der Waals surface area contributed by atoms with Crippen LogP contribution in [0.1, 0.15) is 48.1 Å². The number of amides is 1. The number of carbonyl (C=O) groups is 1. The summed E-state index contributed by atoms with van der Waals surface area (Å²) in [5.41, 5.74) is 5.10. The number of benzene rings is 1. The molecule has 0 bridgehead atoms. The SMILES string of the molecule is CCCC(O)c1cc2c(c(C)c1C)NC(=O)C2. The Balaban J connectivity index is 2.46. The molecule has 0 radical (unpaired) electrons. The Kier molecular flexibility index (Phi) is 3.20. The third kappa shape index (κ3) is 2.07. The van der Waals surface area contributed by atoms with Gasteiger partial charge < -0.3 is 10.4 Å². The molecule has 0 aromatic heterocycles. The number of rotatable bonds is 3. The summed E-state index contributed by atoms with van der Waals surface area (Å²) in [5, 5.41) is 13.0. The molecule has 92 valence electrons. The Morgan fingerprint density at radius 2 is 2.12 bits per heavy atom. The van der Waals surface area contributed by atoms with Gasteiger partial charge in [-0.1, -0.05) is 19.4 Å². The smallest absolute Gasteiger partial charge is 0.228 e. The summed E-state index contributed by atoms with van der Waals surface area (Å²) in [6, 6.07) is 1.98. The predicted octanol–water partition coefficient (Wildman–Crippen LogP) is 2.63. The van der Waals surface area contributed by atoms with Crippen LogP contribution in [0.4, 0.5) is 5.69 Å². The average Bonchev–Trinajstić information content (AvgIpc) is 2.65. The maximum Gasteiger partial charge on any atom is 0.228 e. The van der Waals surface area contributed by atoms with Gasteiger partial charge in [0.2, 0.25) is 5.91 Å². The van der Waals surface area contributed by atoms with Crippen molar-refractivity contribution in [1.82, 2.24) is 0 Å². The minimum Gasteiger partial charge on any atom is -0.388 e. The minimum atomic E-state index is -0.417. The van der Waals surface area contributed by atoms with Crippen molar-refractivity contribution in [3.63, 3.8) is 0 Å². The van der Waals surface area contributed by atoms with Gasteiger partial charge in [-0.15, -0.1) is 0 Å². The lowest BCUT2D eigenvalue weighted by atomic mass is 9.92. The van der Waals surface area contributed by atoms with E-state index in [2.05, 4.69) is 12.2 Å². The standard InChI is InChI=1S/C14H19NO2/c1-4-5-12(16)11-6-10-7-13(17)15-14(10)9(3)8(11)2/h6,12,16H,4-5,7H2,1-3H3,(H,15,17). The van der Waals surface area contributed by atoms with Crippen molar-refractivity contribution in [3.8, 4) is 0 Å². The number of anilines is 1. The van der Waals surface area contributed by atoms with Crippen molar-refractivity contribution in [2.75, 3.05) is 5.32 Å². The first-order chi connectivity index (χ1) is 8.04. The number of hydrogen-bond donors (Lipinski definition) is 2. The first-order valence-electron chi connectivity index (χ1n) is 6.15. The lowest BCUT2D eigenvalue weighted by Gasteiger charge is -2.17. The van der Waals surface area contributed by atoms with Gasteiger partial charge in [0.05, 0.1) is 12.5 Å². The van der Waals surface area contributed by atoms with E-state index in [4.69, 9.17) is 0 Å². The Hall–Kier alpha value is -1.35. The second-order valence-electron chi connectivity index (χ2n) is 4.78. The number of nitrogens with one attached hydrogen (secondary N) is 1. The number of aliphatic hydroxyl groups is 1. The van der Waals surface area contributed by atoms with Crippen LogP contribution in [0.2, 0.25) is 0 Å². The van der Waals surface area contributed by atoms with Crippen LogP contribution >= 0.6 is 0 Å². The second kappa shape index (κ2) is 4.49. The molecule has 1 aromatic carbocycles. The maximum atomic E-state index is 11.4. The molecule has 1 heterocycles. The fraction of sp³-hybridized carbons (Fsp3) is 0.500. The van der Waals surface area contributed by atoms with E-state index in [0.717, 1.165) is 40.8 Å². The molecule has 1 atom stereocenters. The van der Waals surface area contributed by atoms with E-state index < -0.39 is 6.10 Å². The molecule has 17 heavy (non-hydrogen) atoms. The lowest BCUT2D eigenvalue weighted by molar-refractivity contribution is -0.115. The van der Waals surface area contributed by atoms with Crippen molar-refractivity contribution >= 4 is 11.6 Å². The van der Waals surface area contributed by atoms with Crippen molar-refractivity contribution in [3.05, 3.63) is 28.3 Å². The van der Waals surface area contributed by atoms with Crippen molar-refractivity contribution in [2.45, 2.75) is 46.1 Å². The molecule has 0 spiro atoms. The lowest BCUT2D eigenvalue weighted by Crippen LogP contribution is -2.05. The van der Waals surface area contributed by atoms with Crippen LogP contribution in [0.3, 0.4) is 0 Å². The number of aliphatic hydroxyl groups excluding tert-OH is 1. The van der Waals surface area contributed by atoms with Gasteiger partial charge in [-0.05, 0) is 42.5 Å². The number of carbonyl (C=O) groups excluding carboxylic acids is 1. The first kappa shape index (κ1) is 12.1. The Morgan fingerprint density at radius 1 is 1.41 bits per heavy atom. The molecule has 0 fully saturated rings. The van der Waals surface area contributed by atoms with Crippen LogP contribution < -0.4 is 5.32 Å². The van der Waals surface area contributed by atoms with E-state index in [1.54, 1.807) is 0 Å². The zero-order valence-electron chi connectivity index (χ0n) is 10.6. The molecule has 1 unspecified atom stereocenters. The molecule has 2 N–H and O–H groups in total. The zero-order chi connectivity index (χ0) is 12.6. The summed E-state index contributed by atoms with van der Waals surface area (Å²) in [4.78, 5) is 11.4. The zero-order valence-corrected chi connectivity index (χ0v) is 10.6. The van der Waals surface area contributed by atoms with E-state index in [0.29, 0.717) is 6.42 Å². The Bertz CT molecular complexity index is 466. The summed E-state index contributed by atoms with van der Waals surface area (Å²) < 4.78 is 0. The second-order valence-corrected chi connectivity index (χ2v) is 4.78. The third-order valence-electron chi connectivity index (χ3n) is 3.56. The molecular formula is C14H19NO2. The van der Waals surface area contributed by atoms with Crippen LogP contribution in [0.5, 0.6) is 0 Å². The number of hydrogen-bond acceptors (Lipinski definition) is 2. The van der Waals surface area contributed by atoms with E-state index in [1.807, 2.05) is 19.9 Å². The molecule has 1 amide bonds. The summed E-state index contributed by atoms with van der Waals surface area (Å²) in [5.74, 6) is 0.0460. The average molecular weight is 233 g/mol. The highest BCUT2D eigenvalue weighted by atomic mass is 16.3. The fourth-order valence-electron chi connectivity index (χ4n) is 2.46. The van der Waals surface area contributed by atoms with E-state index in [9.17, 15) is 9.90 Å². The molecule has 2 rings (SSSR count). The Morgan fingerprint density at radius 3 is 2.76 bits per heavy atom. The first-order valence-corrected chi connectivity index (χ1v) is 6.15. The van der Waals surface area contributed by atoms with Crippen molar-refractivity contribution < 1.29 is 9.90 Å². The van der Waals surface area contributed by atoms with Gasteiger partial charge in [0.1, 0.15) is 0 Å². The quantitative estimate of drug-likeness (QED) is 0.843. The largest absolute Gasteiger partial charge is 0.388 e. The summed E-state index contributed by atoms with van der Waals surface area (Å²) in [6.45, 7) is 6.07. The normalized spacial score (nSPS) is 15.6. The summed E-state index contributed by atoms with van der Waals surface area (Å²) in [6.07, 6.45) is 1.73. The summed E-state index contributed by atoms with van der Waals surface area (Å²) in [7, 11) is 0. The topological polar surface area (TPSA) is 49.3 Å². The predicted molar refractivity (Wildman–Crippen MR) is 68.1 cm³/mol. The van der Waals surface area contributed by atoms with Crippen LogP contribution in [0, 0.1) is 13.8 Å². The van der Waals surface area contributed by atoms with Gasteiger partial charge in [-0.2, -0.15) is 0 Å². The molecule has 0 saturated heterocycles. The number of fused-ring (bicyclic) bond motifs is 1. The van der Waals surface area contributed by atoms with Crippen LogP contribution in [0.25, 0.3) is 0 Å². The van der Waals surface area contributed by atoms with Gasteiger partial charge >= 0.3 is 0 Å². The Labute approximate surface area is 102 Å². The van der Waals surface area contributed by atoms with Gasteiger partial charge in [-0.25, -0.2) is 0 Å². The summed E-state index contributed by atoms with van der Waals surface area (Å²) >= 11 is 0. The minimum absolute atomic E-state index is 0.0460. The molecule has 0 saturated carbocycles. The van der Waals surface area contributed by atoms with E-state index in [1.165, 1.54) is 0 Å². The molecule has 1 aromatic rings. The fourth-order valence-corrected chi connectivity index (χ4v) is 2.46. The molecule has 3 nitrogen and oxygen atoms in total. The van der Waals surface area contributed by atoms with Crippen molar-refractivity contribution in [2.24, 2.45) is 0 Å². The van der Waals surface area contributed by atoms with Gasteiger partial charge in [0, 0.05) is 5.69 Å². The van der Waals surface area contributed by atoms with Crippen LogP contribution in [-0.2, 0) is 11.2 Å². The molecular weight excluding hydrogens is 214 g/mol. The van der Waals surface area contributed by atoms with E-state index >= 15 is 0 Å². The van der Waals surface area contributed by atoms with Crippen LogP contribution in [-0.4, -0.2) is 11.0 Å². The molecule has 1 aliphatic heterocycles. The van der Waals surface area contributed by atoms with E-state index in [-0.39, 0.29) is 5.91 Å². The third-order valence-corrected chi connectivity index (χ3v) is 3.56. The molecule has 3 heteroatoms. The van der Waals surface area contributed by atoms with Gasteiger partial charge in [0.15, 0.2) is 0 Å². The highest BCUT2D eigenvalue weighted by Gasteiger charge is 2.23. The molecule has 1 aliphatic rings. The highest BCUT2D eigenvalue weighted by Crippen LogP contribution is 2.34. The van der Waals surface area contributed by atoms with Crippen LogP contribution in [0.15, 0.2) is 6.07 Å². The van der Waals surface area contributed by atoms with Gasteiger partial charge in [-0.3, -0.25) is 4.79 Å². The monoisotopic (exact) mass is 233 g/mol. The highest BCUT2D eigenvalue weighted by molar-refractivity contribution is 6.00. The van der Waals surface area contributed by atoms with Gasteiger partial charge in [0.25, 0.3) is 0 Å². The van der Waals surface area contributed by atoms with Crippen molar-refractivity contribution in [1.29, 1.82) is 0 Å².